The number of rotatable bonds is 11. The maximum absolute atomic E-state index is 12.2. The summed E-state index contributed by atoms with van der Waals surface area (Å²) in [6.45, 7) is 4.70. The highest BCUT2D eigenvalue weighted by Gasteiger charge is 2.31. The summed E-state index contributed by atoms with van der Waals surface area (Å²) in [5.74, 6) is 0.174. The number of pyridine rings is 1. The van der Waals surface area contributed by atoms with E-state index in [0.717, 1.165) is 52.0 Å². The molecule has 0 radical (unpaired) electrons. The number of para-hydroxylation sites is 1. The van der Waals surface area contributed by atoms with Crippen LogP contribution in [0.2, 0.25) is 0 Å². The molecule has 0 bridgehead atoms. The molecule has 9 heteroatoms. The van der Waals surface area contributed by atoms with E-state index < -0.39 is 18.1 Å². The van der Waals surface area contributed by atoms with Crippen molar-refractivity contribution in [1.29, 1.82) is 0 Å². The van der Waals surface area contributed by atoms with Crippen LogP contribution in [0.5, 0.6) is 5.75 Å². The second-order valence-electron chi connectivity index (χ2n) is 9.17. The molecular weight excluding hydrogens is 486 g/mol. The van der Waals surface area contributed by atoms with Gasteiger partial charge in [-0.15, -0.1) is 0 Å². The molecule has 1 amide bonds. The van der Waals surface area contributed by atoms with Gasteiger partial charge in [0.25, 0.3) is 0 Å². The van der Waals surface area contributed by atoms with Gasteiger partial charge < -0.3 is 24.4 Å². The summed E-state index contributed by atoms with van der Waals surface area (Å²) in [6, 6.07) is 16.8. The predicted molar refractivity (Wildman–Crippen MR) is 143 cm³/mol. The summed E-state index contributed by atoms with van der Waals surface area (Å²) in [7, 11) is 1.28. The molecule has 1 aliphatic heterocycles. The number of nitrogens with one attached hydrogen (secondary N) is 1. The zero-order valence-corrected chi connectivity index (χ0v) is 21.9. The van der Waals surface area contributed by atoms with Gasteiger partial charge in [0.1, 0.15) is 24.5 Å². The number of methoxy groups -OCH3 is 1. The van der Waals surface area contributed by atoms with E-state index in [1.165, 1.54) is 7.11 Å². The molecule has 2 atom stereocenters. The third-order valence-electron chi connectivity index (χ3n) is 6.25. The number of fused-ring (bicyclic) bond motifs is 1. The Balaban J connectivity index is 1.32. The average molecular weight is 520 g/mol. The van der Waals surface area contributed by atoms with Crippen molar-refractivity contribution < 1.29 is 28.6 Å². The molecule has 38 heavy (non-hydrogen) atoms. The fourth-order valence-electron chi connectivity index (χ4n) is 4.26. The number of aryl methyl sites for hydroxylation is 1. The molecule has 1 N–H and O–H groups in total. The smallest absolute Gasteiger partial charge is 0.407 e. The number of carbonyl (C=O) groups excluding carboxylic acids is 2. The zero-order chi connectivity index (χ0) is 26.9. The Bertz CT molecular complexity index is 1290. The number of nitrogens with zero attached hydrogens (tertiary/aromatic N) is 2. The first-order valence-electron chi connectivity index (χ1n) is 12.8. The highest BCUT2D eigenvalue weighted by atomic mass is 16.6. The van der Waals surface area contributed by atoms with Crippen LogP contribution in [0.15, 0.2) is 59.8 Å². The van der Waals surface area contributed by atoms with E-state index in [0.29, 0.717) is 19.6 Å². The molecular formula is C29H33N3O6. The fraction of sp³-hybridized carbons (Fsp3) is 0.379. The van der Waals surface area contributed by atoms with E-state index in [1.54, 1.807) is 0 Å². The first-order chi connectivity index (χ1) is 18.5. The van der Waals surface area contributed by atoms with Crippen molar-refractivity contribution in [2.24, 2.45) is 5.16 Å². The lowest BCUT2D eigenvalue weighted by molar-refractivity contribution is -0.144. The Morgan fingerprint density at radius 3 is 2.71 bits per heavy atom. The predicted octanol–water partition coefficient (Wildman–Crippen LogP) is 5.07. The lowest BCUT2D eigenvalue weighted by Gasteiger charge is -2.18. The molecule has 2 heterocycles. The van der Waals surface area contributed by atoms with Crippen LogP contribution in [-0.2, 0) is 25.7 Å². The van der Waals surface area contributed by atoms with Gasteiger partial charge in [-0.05, 0) is 55.3 Å². The van der Waals surface area contributed by atoms with Crippen LogP contribution in [0, 0.1) is 6.92 Å². The number of ether oxygens (including phenoxy) is 3. The van der Waals surface area contributed by atoms with Gasteiger partial charge in [-0.3, -0.25) is 4.98 Å². The van der Waals surface area contributed by atoms with Crippen molar-refractivity contribution in [3.05, 3.63) is 71.4 Å². The maximum atomic E-state index is 12.2. The normalized spacial score (nSPS) is 15.3. The Hall–Kier alpha value is -4.14. The van der Waals surface area contributed by atoms with Gasteiger partial charge in [0.2, 0.25) is 0 Å². The largest absolute Gasteiger partial charge is 0.489 e. The molecule has 9 nitrogen and oxygen atoms in total. The first kappa shape index (κ1) is 26.9. The maximum Gasteiger partial charge on any atom is 0.407 e. The molecule has 4 rings (SSSR count). The second kappa shape index (κ2) is 12.9. The fourth-order valence-corrected chi connectivity index (χ4v) is 4.26. The van der Waals surface area contributed by atoms with Crippen LogP contribution in [0.1, 0.15) is 49.4 Å². The van der Waals surface area contributed by atoms with Gasteiger partial charge in [-0.2, -0.15) is 0 Å². The van der Waals surface area contributed by atoms with Crippen LogP contribution >= 0.6 is 0 Å². The lowest BCUT2D eigenvalue weighted by atomic mass is 10.0. The second-order valence-corrected chi connectivity index (χ2v) is 9.17. The molecule has 3 aromatic rings. The molecule has 200 valence electrons. The highest BCUT2D eigenvalue weighted by Crippen LogP contribution is 2.24. The Morgan fingerprint density at radius 1 is 1.16 bits per heavy atom. The molecule has 0 saturated heterocycles. The number of aromatic nitrogens is 1. The molecule has 0 aliphatic carbocycles. The number of unbranched alkanes of at least 4 members (excludes halogenated alkanes) is 1. The van der Waals surface area contributed by atoms with E-state index in [-0.39, 0.29) is 12.5 Å². The minimum Gasteiger partial charge on any atom is -0.489 e. The van der Waals surface area contributed by atoms with Crippen molar-refractivity contribution in [3.8, 4) is 5.75 Å². The molecule has 0 fully saturated rings. The summed E-state index contributed by atoms with van der Waals surface area (Å²) >= 11 is 0. The van der Waals surface area contributed by atoms with Gasteiger partial charge in [-0.25, -0.2) is 9.59 Å². The van der Waals surface area contributed by atoms with Crippen LogP contribution in [0.3, 0.4) is 0 Å². The number of amides is 1. The highest BCUT2D eigenvalue weighted by molar-refractivity contribution is 6.01. The van der Waals surface area contributed by atoms with Gasteiger partial charge >= 0.3 is 12.1 Å². The minimum atomic E-state index is -0.891. The van der Waals surface area contributed by atoms with Crippen LogP contribution in [0.4, 0.5) is 4.79 Å². The third kappa shape index (κ3) is 7.00. The number of hydrogen-bond acceptors (Lipinski definition) is 8. The van der Waals surface area contributed by atoms with Crippen molar-refractivity contribution >= 4 is 28.7 Å². The molecule has 0 saturated carbocycles. The summed E-state index contributed by atoms with van der Waals surface area (Å²) in [5.41, 5.74) is 4.63. The molecule has 2 unspecified atom stereocenters. The Labute approximate surface area is 222 Å². The molecule has 2 aromatic carbocycles. The van der Waals surface area contributed by atoms with Crippen molar-refractivity contribution in [3.63, 3.8) is 0 Å². The standard InChI is InChI=1S/C29H33N3O6/c1-4-5-14-36-29(34)31-27(28(33)35-3)17-23-16-26(32-38-23)20-10-12-22(13-11-20)37-18-21-15-19(2)30-25-9-7-6-8-24(21)25/h6-13,15,23,27H,4-5,14,16-18H2,1-3H3,(H,31,34). The van der Waals surface area contributed by atoms with E-state index >= 15 is 0 Å². The molecule has 0 spiro atoms. The molecule has 1 aromatic heterocycles. The molecule has 1 aliphatic rings. The van der Waals surface area contributed by atoms with E-state index in [9.17, 15) is 9.59 Å². The van der Waals surface area contributed by atoms with Gasteiger partial charge in [0, 0.05) is 29.5 Å². The van der Waals surface area contributed by atoms with Crippen molar-refractivity contribution in [2.75, 3.05) is 13.7 Å². The average Bonchev–Trinajstić information content (AvgIpc) is 3.39. The van der Waals surface area contributed by atoms with Crippen molar-refractivity contribution in [2.45, 2.75) is 58.3 Å². The number of hydrogen-bond donors (Lipinski definition) is 1. The first-order valence-corrected chi connectivity index (χ1v) is 12.8. The number of oxime groups is 1. The number of carbonyl (C=O) groups is 2. The van der Waals surface area contributed by atoms with Crippen LogP contribution in [0.25, 0.3) is 10.9 Å². The summed E-state index contributed by atoms with van der Waals surface area (Å²) in [6.07, 6.45) is 1.32. The summed E-state index contributed by atoms with van der Waals surface area (Å²) < 4.78 is 16.0. The summed E-state index contributed by atoms with van der Waals surface area (Å²) in [5, 5.41) is 7.85. The topological polar surface area (TPSA) is 108 Å². The minimum absolute atomic E-state index is 0.211. The van der Waals surface area contributed by atoms with Gasteiger partial charge in [0.05, 0.1) is 24.9 Å². The summed E-state index contributed by atoms with van der Waals surface area (Å²) in [4.78, 5) is 34.4. The number of esters is 1. The SMILES string of the molecule is CCCCOC(=O)NC(CC1CC(c2ccc(OCc3cc(C)nc4ccccc34)cc2)=NO1)C(=O)OC. The zero-order valence-electron chi connectivity index (χ0n) is 21.9. The third-order valence-corrected chi connectivity index (χ3v) is 6.25. The van der Waals surface area contributed by atoms with Crippen LogP contribution in [-0.4, -0.2) is 48.6 Å². The van der Waals surface area contributed by atoms with Crippen LogP contribution < -0.4 is 10.1 Å². The Kier molecular flexibility index (Phi) is 9.13. The van der Waals surface area contributed by atoms with E-state index in [4.69, 9.17) is 19.0 Å². The monoisotopic (exact) mass is 519 g/mol. The van der Waals surface area contributed by atoms with Crippen molar-refractivity contribution in [1.82, 2.24) is 10.3 Å². The van der Waals surface area contributed by atoms with Gasteiger partial charge in [-0.1, -0.05) is 36.7 Å². The van der Waals surface area contributed by atoms with E-state index in [2.05, 4.69) is 15.5 Å². The number of benzene rings is 2. The Morgan fingerprint density at radius 2 is 1.95 bits per heavy atom. The van der Waals surface area contributed by atoms with E-state index in [1.807, 2.05) is 68.4 Å². The lowest BCUT2D eigenvalue weighted by Crippen LogP contribution is -2.44. The quantitative estimate of drug-likeness (QED) is 0.278. The van der Waals surface area contributed by atoms with Gasteiger partial charge in [0.15, 0.2) is 0 Å². The number of alkyl carbamates (subject to hydrolysis) is 1.